The van der Waals surface area contributed by atoms with Gasteiger partial charge in [0.05, 0.1) is 27.8 Å². The first-order valence-electron chi connectivity index (χ1n) is 9.49. The predicted octanol–water partition coefficient (Wildman–Crippen LogP) is 2.68. The summed E-state index contributed by atoms with van der Waals surface area (Å²) in [6, 6.07) is 12.1. The van der Waals surface area contributed by atoms with E-state index in [9.17, 15) is 18.6 Å². The van der Waals surface area contributed by atoms with Gasteiger partial charge in [-0.1, -0.05) is 37.3 Å². The van der Waals surface area contributed by atoms with E-state index < -0.39 is 29.3 Å². The van der Waals surface area contributed by atoms with Crippen LogP contribution in [0.15, 0.2) is 47.4 Å². The van der Waals surface area contributed by atoms with Crippen LogP contribution in [0.1, 0.15) is 28.4 Å². The van der Waals surface area contributed by atoms with Crippen molar-refractivity contribution in [1.29, 1.82) is 0 Å². The molecular weight excluding hydrogens is 404 g/mol. The van der Waals surface area contributed by atoms with Crippen molar-refractivity contribution in [1.82, 2.24) is 4.90 Å². The first kappa shape index (κ1) is 23.3. The molecule has 0 bridgehead atoms. The molecule has 2 amide bonds. The number of hydrogen-bond donors (Lipinski definition) is 1. The third-order valence-corrected chi connectivity index (χ3v) is 5.86. The van der Waals surface area contributed by atoms with Crippen LogP contribution in [-0.2, 0) is 25.1 Å². The Balaban J connectivity index is 1.93. The van der Waals surface area contributed by atoms with Crippen molar-refractivity contribution in [2.75, 3.05) is 31.3 Å². The highest BCUT2D eigenvalue weighted by molar-refractivity contribution is 7.85. The lowest BCUT2D eigenvalue weighted by molar-refractivity contribution is -0.136. The van der Waals surface area contributed by atoms with Gasteiger partial charge in [0.2, 0.25) is 5.91 Å². The van der Waals surface area contributed by atoms with Crippen LogP contribution >= 0.6 is 0 Å². The maximum atomic E-state index is 12.3. The Kier molecular flexibility index (Phi) is 8.29. The van der Waals surface area contributed by atoms with Crippen LogP contribution in [0.4, 0.5) is 5.69 Å². The van der Waals surface area contributed by atoms with Crippen LogP contribution in [-0.4, -0.2) is 52.8 Å². The molecule has 2 rings (SSSR count). The molecule has 7 nitrogen and oxygen atoms in total. The van der Waals surface area contributed by atoms with E-state index in [1.165, 1.54) is 18.0 Å². The number of carbonyl (C=O) groups is 3. The van der Waals surface area contributed by atoms with Crippen LogP contribution in [0, 0.1) is 13.8 Å². The topological polar surface area (TPSA) is 92.8 Å². The molecule has 1 unspecified atom stereocenters. The van der Waals surface area contributed by atoms with Gasteiger partial charge in [-0.15, -0.1) is 0 Å². The average molecular weight is 431 g/mol. The number of rotatable bonds is 8. The standard InChI is InChI=1S/C22H26N2O5S/c1-5-30(28)18-12-7-6-11-17(18)22(27)29-14-20(26)24(4)13-19(25)23-21-15(2)9-8-10-16(21)3/h6-12H,5,13-14H2,1-4H3,(H,23,25). The molecule has 2 aromatic rings. The summed E-state index contributed by atoms with van der Waals surface area (Å²) >= 11 is 0. The van der Waals surface area contributed by atoms with Gasteiger partial charge in [-0.2, -0.15) is 0 Å². The van der Waals surface area contributed by atoms with E-state index in [0.29, 0.717) is 10.6 Å². The number of benzene rings is 2. The third-order valence-electron chi connectivity index (χ3n) is 4.49. The Hall–Kier alpha value is -3.00. The zero-order valence-corrected chi connectivity index (χ0v) is 18.4. The summed E-state index contributed by atoms with van der Waals surface area (Å²) in [6.07, 6.45) is 0. The fraction of sp³-hybridized carbons (Fsp3) is 0.318. The maximum absolute atomic E-state index is 12.3. The Morgan fingerprint density at radius 1 is 1.03 bits per heavy atom. The van der Waals surface area contributed by atoms with Crippen molar-refractivity contribution in [3.63, 3.8) is 0 Å². The molecule has 0 aliphatic heterocycles. The highest BCUT2D eigenvalue weighted by Gasteiger charge is 2.19. The van der Waals surface area contributed by atoms with Gasteiger partial charge in [-0.05, 0) is 37.1 Å². The third kappa shape index (κ3) is 6.00. The lowest BCUT2D eigenvalue weighted by Crippen LogP contribution is -2.37. The van der Waals surface area contributed by atoms with E-state index in [0.717, 1.165) is 16.8 Å². The Morgan fingerprint density at radius 2 is 1.67 bits per heavy atom. The number of nitrogens with zero attached hydrogens (tertiary/aromatic N) is 1. The number of carbonyl (C=O) groups excluding carboxylic acids is 3. The summed E-state index contributed by atoms with van der Waals surface area (Å²) in [4.78, 5) is 38.5. The smallest absolute Gasteiger partial charge is 0.339 e. The summed E-state index contributed by atoms with van der Waals surface area (Å²) in [5.41, 5.74) is 2.74. The molecule has 0 heterocycles. The number of likely N-dealkylation sites (N-methyl/N-ethyl adjacent to an activating group) is 1. The second-order valence-electron chi connectivity index (χ2n) is 6.77. The number of ether oxygens (including phenoxy) is 1. The van der Waals surface area contributed by atoms with E-state index in [1.54, 1.807) is 25.1 Å². The zero-order valence-electron chi connectivity index (χ0n) is 17.6. The van der Waals surface area contributed by atoms with Gasteiger partial charge in [0, 0.05) is 18.5 Å². The minimum absolute atomic E-state index is 0.168. The minimum atomic E-state index is -1.33. The average Bonchev–Trinajstić information content (AvgIpc) is 2.73. The molecule has 160 valence electrons. The summed E-state index contributed by atoms with van der Waals surface area (Å²) in [6.45, 7) is 4.83. The second kappa shape index (κ2) is 10.7. The molecule has 1 atom stereocenters. The fourth-order valence-electron chi connectivity index (χ4n) is 2.80. The molecule has 0 aliphatic carbocycles. The lowest BCUT2D eigenvalue weighted by atomic mass is 10.1. The van der Waals surface area contributed by atoms with E-state index in [1.807, 2.05) is 32.0 Å². The van der Waals surface area contributed by atoms with Crippen LogP contribution in [0.2, 0.25) is 0 Å². The molecular formula is C22H26N2O5S. The number of aryl methyl sites for hydroxylation is 2. The summed E-state index contributed by atoms with van der Waals surface area (Å²) in [5.74, 6) is -1.23. The van der Waals surface area contributed by atoms with Crippen LogP contribution in [0.5, 0.6) is 0 Å². The molecule has 0 spiro atoms. The van der Waals surface area contributed by atoms with Gasteiger partial charge in [0.25, 0.3) is 5.91 Å². The highest BCUT2D eigenvalue weighted by atomic mass is 32.2. The van der Waals surface area contributed by atoms with Crippen LogP contribution < -0.4 is 5.32 Å². The van der Waals surface area contributed by atoms with Gasteiger partial charge in [0.1, 0.15) is 0 Å². The van der Waals surface area contributed by atoms with E-state index in [-0.39, 0.29) is 18.0 Å². The first-order valence-corrected chi connectivity index (χ1v) is 10.8. The van der Waals surface area contributed by atoms with Crippen LogP contribution in [0.3, 0.4) is 0 Å². The maximum Gasteiger partial charge on any atom is 0.339 e. The number of hydrogen-bond acceptors (Lipinski definition) is 5. The molecule has 0 saturated heterocycles. The number of anilines is 1. The van der Waals surface area contributed by atoms with Gasteiger partial charge in [-0.3, -0.25) is 13.8 Å². The molecule has 0 aromatic heterocycles. The fourth-order valence-corrected chi connectivity index (χ4v) is 3.74. The van der Waals surface area contributed by atoms with Crippen molar-refractivity contribution in [2.45, 2.75) is 25.7 Å². The molecule has 8 heteroatoms. The monoisotopic (exact) mass is 430 g/mol. The minimum Gasteiger partial charge on any atom is -0.452 e. The Morgan fingerprint density at radius 3 is 2.30 bits per heavy atom. The molecule has 0 radical (unpaired) electrons. The van der Waals surface area contributed by atoms with Crippen molar-refractivity contribution >= 4 is 34.3 Å². The summed E-state index contributed by atoms with van der Waals surface area (Å²) in [5, 5.41) is 2.81. The molecule has 1 N–H and O–H groups in total. The van der Waals surface area contributed by atoms with Crippen molar-refractivity contribution in [3.05, 3.63) is 59.2 Å². The van der Waals surface area contributed by atoms with Gasteiger partial charge in [-0.25, -0.2) is 4.79 Å². The van der Waals surface area contributed by atoms with Crippen molar-refractivity contribution < 1.29 is 23.3 Å². The molecule has 2 aromatic carbocycles. The van der Waals surface area contributed by atoms with Crippen LogP contribution in [0.25, 0.3) is 0 Å². The zero-order chi connectivity index (χ0) is 22.3. The lowest BCUT2D eigenvalue weighted by Gasteiger charge is -2.18. The predicted molar refractivity (Wildman–Crippen MR) is 116 cm³/mol. The molecule has 0 saturated carbocycles. The largest absolute Gasteiger partial charge is 0.452 e. The summed E-state index contributed by atoms with van der Waals surface area (Å²) < 4.78 is 17.2. The number of nitrogens with one attached hydrogen (secondary N) is 1. The first-order chi connectivity index (χ1) is 14.2. The van der Waals surface area contributed by atoms with Crippen molar-refractivity contribution in [3.8, 4) is 0 Å². The highest BCUT2D eigenvalue weighted by Crippen LogP contribution is 2.19. The Bertz CT molecular complexity index is 954. The normalized spacial score (nSPS) is 11.5. The van der Waals surface area contributed by atoms with Crippen molar-refractivity contribution in [2.24, 2.45) is 0 Å². The Labute approximate surface area is 178 Å². The molecule has 0 aliphatic rings. The van der Waals surface area contributed by atoms with E-state index in [2.05, 4.69) is 5.32 Å². The van der Waals surface area contributed by atoms with E-state index in [4.69, 9.17) is 4.74 Å². The molecule has 0 fully saturated rings. The number of amides is 2. The number of esters is 1. The van der Waals surface area contributed by atoms with Gasteiger partial charge in [0.15, 0.2) is 6.61 Å². The molecule has 30 heavy (non-hydrogen) atoms. The number of para-hydroxylation sites is 1. The van der Waals surface area contributed by atoms with Gasteiger partial charge >= 0.3 is 5.97 Å². The van der Waals surface area contributed by atoms with Gasteiger partial charge < -0.3 is 15.0 Å². The second-order valence-corrected chi connectivity index (χ2v) is 8.48. The SMILES string of the molecule is CCS(=O)c1ccccc1C(=O)OCC(=O)N(C)CC(=O)Nc1c(C)cccc1C. The van der Waals surface area contributed by atoms with E-state index >= 15 is 0 Å². The summed E-state index contributed by atoms with van der Waals surface area (Å²) in [7, 11) is 0.133. The quantitative estimate of drug-likeness (QED) is 0.650.